The fraction of sp³-hybridized carbons (Fsp3) is 0.471. The monoisotopic (exact) mass is 326 g/mol. The molecular weight excluding hydrogens is 302 g/mol. The highest BCUT2D eigenvalue weighted by atomic mass is 35.5. The molecule has 0 spiro atoms. The van der Waals surface area contributed by atoms with E-state index in [4.69, 9.17) is 9.47 Å². The summed E-state index contributed by atoms with van der Waals surface area (Å²) >= 11 is 0. The molecule has 0 aliphatic heterocycles. The second kappa shape index (κ2) is 11.1. The van der Waals surface area contributed by atoms with E-state index in [2.05, 4.69) is 0 Å². The van der Waals surface area contributed by atoms with E-state index in [1.165, 1.54) is 0 Å². The van der Waals surface area contributed by atoms with Crippen LogP contribution in [0.4, 0.5) is 0 Å². The minimum atomic E-state index is 0. The van der Waals surface area contributed by atoms with Crippen LogP contribution < -0.4 is 21.9 Å². The number of carbonyl (C=O) groups is 1. The highest BCUT2D eigenvalue weighted by molar-refractivity contribution is 5.93. The molecule has 0 saturated carbocycles. The Morgan fingerprint density at radius 1 is 1.14 bits per heavy atom. The van der Waals surface area contributed by atoms with Crippen molar-refractivity contribution in [2.24, 2.45) is 0 Å². The molecule has 0 saturated heterocycles. The number of ketones is 1. The number of hydrogen-bond acceptors (Lipinski definition) is 4. The first-order valence-corrected chi connectivity index (χ1v) is 7.32. The molecule has 0 atom stereocenters. The summed E-state index contributed by atoms with van der Waals surface area (Å²) in [7, 11) is 3.91. The normalized spacial score (nSPS) is 10.6. The average molecular weight is 327 g/mol. The van der Waals surface area contributed by atoms with Crippen LogP contribution in [0.2, 0.25) is 0 Å². The largest absolute Gasteiger partial charge is 1.00 e. The molecule has 0 aromatic heterocycles. The zero-order chi connectivity index (χ0) is 15.7. The fourth-order valence-corrected chi connectivity index (χ4v) is 1.78. The zero-order valence-corrected chi connectivity index (χ0v) is 14.5. The van der Waals surface area contributed by atoms with Crippen LogP contribution in [0.15, 0.2) is 24.3 Å². The van der Waals surface area contributed by atoms with Gasteiger partial charge in [0.2, 0.25) is 0 Å². The first kappa shape index (κ1) is 20.5. The van der Waals surface area contributed by atoms with E-state index in [-0.39, 0.29) is 18.2 Å². The maximum Gasteiger partial charge on any atom is 0.161 e. The van der Waals surface area contributed by atoms with Crippen molar-refractivity contribution in [3.63, 3.8) is 0 Å². The van der Waals surface area contributed by atoms with Crippen LogP contribution in [0.25, 0.3) is 6.08 Å². The highest BCUT2D eigenvalue weighted by Crippen LogP contribution is 2.28. The van der Waals surface area contributed by atoms with E-state index >= 15 is 0 Å². The predicted molar refractivity (Wildman–Crippen MR) is 86.0 cm³/mol. The van der Waals surface area contributed by atoms with Gasteiger partial charge in [0.1, 0.15) is 0 Å². The molecule has 0 bridgehead atoms. The van der Waals surface area contributed by atoms with Crippen molar-refractivity contribution in [2.45, 2.75) is 20.3 Å². The maximum atomic E-state index is 11.7. The van der Waals surface area contributed by atoms with E-state index in [0.717, 1.165) is 17.9 Å². The number of benzene rings is 1. The van der Waals surface area contributed by atoms with Crippen molar-refractivity contribution in [3.8, 4) is 11.5 Å². The van der Waals surface area contributed by atoms with Gasteiger partial charge in [-0.25, -0.2) is 0 Å². The average Bonchev–Trinajstić information content (AvgIpc) is 2.45. The Bertz CT molecular complexity index is 487. The lowest BCUT2D eigenvalue weighted by Gasteiger charge is -2.11. The molecule has 1 aromatic rings. The molecule has 0 N–H and O–H groups in total. The first-order valence-electron chi connectivity index (χ1n) is 7.32. The Labute approximate surface area is 139 Å². The van der Waals surface area contributed by atoms with E-state index in [1.807, 2.05) is 57.1 Å². The summed E-state index contributed by atoms with van der Waals surface area (Å²) in [5.41, 5.74) is 0.931. The van der Waals surface area contributed by atoms with Gasteiger partial charge in [0, 0.05) is 13.0 Å². The second-order valence-corrected chi connectivity index (χ2v) is 4.93. The number of hydrogen-bond donors (Lipinski definition) is 0. The molecule has 0 amide bonds. The summed E-state index contributed by atoms with van der Waals surface area (Å²) in [4.78, 5) is 13.7. The Morgan fingerprint density at radius 3 is 2.36 bits per heavy atom. The van der Waals surface area contributed by atoms with Gasteiger partial charge in [-0.3, -0.25) is 4.79 Å². The summed E-state index contributed by atoms with van der Waals surface area (Å²) in [5, 5.41) is 0. The van der Waals surface area contributed by atoms with Gasteiger partial charge in [0.15, 0.2) is 17.3 Å². The van der Waals surface area contributed by atoms with Crippen LogP contribution in [0.1, 0.15) is 25.8 Å². The van der Waals surface area contributed by atoms with Gasteiger partial charge >= 0.3 is 0 Å². The van der Waals surface area contributed by atoms with Crippen molar-refractivity contribution in [1.82, 2.24) is 4.90 Å². The zero-order valence-electron chi connectivity index (χ0n) is 13.8. The van der Waals surface area contributed by atoms with E-state index in [0.29, 0.717) is 25.4 Å². The molecule has 1 aromatic carbocycles. The number of carbonyl (C=O) groups excluding carboxylic acids is 1. The lowest BCUT2D eigenvalue weighted by atomic mass is 10.1. The molecule has 4 nitrogen and oxygen atoms in total. The molecule has 124 valence electrons. The summed E-state index contributed by atoms with van der Waals surface area (Å²) < 4.78 is 11.1. The van der Waals surface area contributed by atoms with Crippen LogP contribution in [-0.2, 0) is 4.79 Å². The van der Waals surface area contributed by atoms with Crippen LogP contribution in [-0.4, -0.2) is 44.5 Å². The van der Waals surface area contributed by atoms with Crippen molar-refractivity contribution < 1.29 is 26.7 Å². The molecule has 0 unspecified atom stereocenters. The molecule has 1 rings (SSSR count). The van der Waals surface area contributed by atoms with Gasteiger partial charge in [0.25, 0.3) is 0 Å². The Morgan fingerprint density at radius 2 is 1.77 bits per heavy atom. The number of allylic oxidation sites excluding steroid dienone is 1. The van der Waals surface area contributed by atoms with Gasteiger partial charge in [-0.1, -0.05) is 12.1 Å². The molecule has 5 heteroatoms. The Balaban J connectivity index is 0.00000441. The SMILES string of the molecule is CCOc1ccc(/C=C/C(=O)CCN(C)C)cc1OCC.[Cl-]. The van der Waals surface area contributed by atoms with Gasteiger partial charge < -0.3 is 26.8 Å². The minimum Gasteiger partial charge on any atom is -1.00 e. The predicted octanol–water partition coefficient (Wildman–Crippen LogP) is 0.0220. The van der Waals surface area contributed by atoms with E-state index < -0.39 is 0 Å². The molecule has 0 aliphatic carbocycles. The van der Waals surface area contributed by atoms with Crippen LogP contribution >= 0.6 is 0 Å². The number of halogens is 1. The van der Waals surface area contributed by atoms with E-state index in [1.54, 1.807) is 6.08 Å². The van der Waals surface area contributed by atoms with Crippen molar-refractivity contribution in [1.29, 1.82) is 0 Å². The molecule has 22 heavy (non-hydrogen) atoms. The van der Waals surface area contributed by atoms with Gasteiger partial charge in [-0.15, -0.1) is 0 Å². The highest BCUT2D eigenvalue weighted by Gasteiger charge is 2.05. The number of ether oxygens (including phenoxy) is 2. The molecule has 0 fully saturated rings. The summed E-state index contributed by atoms with van der Waals surface area (Å²) in [6, 6.07) is 5.69. The molecule has 0 heterocycles. The third-order valence-corrected chi connectivity index (χ3v) is 2.83. The van der Waals surface area contributed by atoms with Crippen LogP contribution in [0.5, 0.6) is 11.5 Å². The number of rotatable bonds is 9. The summed E-state index contributed by atoms with van der Waals surface area (Å²) in [6.45, 7) is 5.81. The summed E-state index contributed by atoms with van der Waals surface area (Å²) in [5.74, 6) is 1.56. The second-order valence-electron chi connectivity index (χ2n) is 4.93. The molecular formula is C17H25ClNO3-. The first-order chi connectivity index (χ1) is 10.1. The summed E-state index contributed by atoms with van der Waals surface area (Å²) in [6.07, 6.45) is 3.96. The van der Waals surface area contributed by atoms with Crippen LogP contribution in [0.3, 0.4) is 0 Å². The van der Waals surface area contributed by atoms with E-state index in [9.17, 15) is 4.79 Å². The Kier molecular flexibility index (Phi) is 10.3. The third kappa shape index (κ3) is 7.48. The van der Waals surface area contributed by atoms with Crippen molar-refractivity contribution >= 4 is 11.9 Å². The lowest BCUT2D eigenvalue weighted by Crippen LogP contribution is -3.00. The fourth-order valence-electron chi connectivity index (χ4n) is 1.78. The van der Waals surface area contributed by atoms with Crippen molar-refractivity contribution in [3.05, 3.63) is 29.8 Å². The Hall–Kier alpha value is -1.52. The van der Waals surface area contributed by atoms with Gasteiger partial charge in [-0.05, 0) is 51.7 Å². The number of nitrogens with zero attached hydrogens (tertiary/aromatic N) is 1. The lowest BCUT2D eigenvalue weighted by molar-refractivity contribution is -0.114. The topological polar surface area (TPSA) is 38.8 Å². The standard InChI is InChI=1S/C17H25NO3.ClH/c1-5-20-16-10-8-14(13-17(16)21-6-2)7-9-15(19)11-12-18(3)4;/h7-10,13H,5-6,11-12H2,1-4H3;1H/p-1/b9-7+;. The molecule has 0 radical (unpaired) electrons. The third-order valence-electron chi connectivity index (χ3n) is 2.83. The van der Waals surface area contributed by atoms with Crippen molar-refractivity contribution in [2.75, 3.05) is 33.9 Å². The molecule has 0 aliphatic rings. The quantitative estimate of drug-likeness (QED) is 0.600. The smallest absolute Gasteiger partial charge is 0.161 e. The van der Waals surface area contributed by atoms with Crippen LogP contribution in [0, 0.1) is 0 Å². The van der Waals surface area contributed by atoms with Gasteiger partial charge in [0.05, 0.1) is 13.2 Å². The maximum absolute atomic E-state index is 11.7. The minimum absolute atomic E-state index is 0. The van der Waals surface area contributed by atoms with Gasteiger partial charge in [-0.2, -0.15) is 0 Å².